The van der Waals surface area contributed by atoms with Crippen LogP contribution in [0.15, 0.2) is 0 Å². The van der Waals surface area contributed by atoms with Crippen LogP contribution >= 0.6 is 0 Å². The Labute approximate surface area is 66.5 Å². The van der Waals surface area contributed by atoms with Crippen LogP contribution in [0, 0.1) is 12.3 Å². The van der Waals surface area contributed by atoms with Crippen molar-refractivity contribution >= 4 is 5.91 Å². The molecule has 0 radical (unpaired) electrons. The third-order valence-corrected chi connectivity index (χ3v) is 1.83. The molecule has 1 rings (SSSR count). The van der Waals surface area contributed by atoms with Gasteiger partial charge in [-0.1, -0.05) is 5.92 Å². The van der Waals surface area contributed by atoms with Gasteiger partial charge in [-0.15, -0.1) is 6.42 Å². The predicted octanol–water partition coefficient (Wildman–Crippen LogP) is -0.431. The van der Waals surface area contributed by atoms with Crippen LogP contribution in [0.2, 0.25) is 0 Å². The molecule has 0 aliphatic carbocycles. The van der Waals surface area contributed by atoms with E-state index in [1.807, 2.05) is 0 Å². The van der Waals surface area contributed by atoms with Crippen molar-refractivity contribution < 1.29 is 4.79 Å². The predicted molar refractivity (Wildman–Crippen MR) is 42.6 cm³/mol. The van der Waals surface area contributed by atoms with Gasteiger partial charge in [0.2, 0.25) is 5.91 Å². The molecule has 11 heavy (non-hydrogen) atoms. The topological polar surface area (TPSA) is 46.3 Å². The van der Waals surface area contributed by atoms with Gasteiger partial charge in [0.05, 0.1) is 6.42 Å². The third-order valence-electron chi connectivity index (χ3n) is 1.83. The first-order valence-corrected chi connectivity index (χ1v) is 3.71. The molecule has 0 aromatic carbocycles. The first-order chi connectivity index (χ1) is 5.24. The van der Waals surface area contributed by atoms with E-state index in [4.69, 9.17) is 12.2 Å². The minimum absolute atomic E-state index is 0.0282. The molecule has 3 heteroatoms. The summed E-state index contributed by atoms with van der Waals surface area (Å²) in [7, 11) is 0. The van der Waals surface area contributed by atoms with E-state index >= 15 is 0 Å². The molecule has 1 atom stereocenters. The summed E-state index contributed by atoms with van der Waals surface area (Å²) >= 11 is 0. The van der Waals surface area contributed by atoms with Gasteiger partial charge in [-0.25, -0.2) is 0 Å². The molecule has 0 aromatic rings. The first kappa shape index (κ1) is 8.09. The fourth-order valence-electron chi connectivity index (χ4n) is 1.21. The molecule has 60 valence electrons. The van der Waals surface area contributed by atoms with E-state index in [0.29, 0.717) is 6.54 Å². The highest BCUT2D eigenvalue weighted by molar-refractivity contribution is 5.78. The zero-order valence-electron chi connectivity index (χ0n) is 6.42. The largest absolute Gasteiger partial charge is 0.340 e. The van der Waals surface area contributed by atoms with Gasteiger partial charge >= 0.3 is 0 Å². The van der Waals surface area contributed by atoms with Gasteiger partial charge in [0, 0.05) is 19.1 Å². The summed E-state index contributed by atoms with van der Waals surface area (Å²) in [4.78, 5) is 12.8. The lowest BCUT2D eigenvalue weighted by atomic mass is 10.3. The maximum atomic E-state index is 11.1. The van der Waals surface area contributed by atoms with E-state index in [2.05, 4.69) is 5.92 Å². The highest BCUT2D eigenvalue weighted by Crippen LogP contribution is 2.07. The SMILES string of the molecule is C#CCC(=O)N1CC[C@H](N)C1. The number of hydrogen-bond acceptors (Lipinski definition) is 2. The summed E-state index contributed by atoms with van der Waals surface area (Å²) in [6.45, 7) is 1.43. The lowest BCUT2D eigenvalue weighted by Gasteiger charge is -2.13. The molecule has 0 spiro atoms. The number of terminal acetylenes is 1. The Morgan fingerprint density at radius 3 is 3.00 bits per heavy atom. The van der Waals surface area contributed by atoms with Gasteiger partial charge in [0.15, 0.2) is 0 Å². The minimum Gasteiger partial charge on any atom is -0.340 e. The smallest absolute Gasteiger partial charge is 0.234 e. The fourth-order valence-corrected chi connectivity index (χ4v) is 1.21. The van der Waals surface area contributed by atoms with E-state index in [1.54, 1.807) is 4.90 Å². The molecule has 1 fully saturated rings. The van der Waals surface area contributed by atoms with Crippen molar-refractivity contribution in [1.29, 1.82) is 0 Å². The maximum Gasteiger partial charge on any atom is 0.234 e. The maximum absolute atomic E-state index is 11.1. The van der Waals surface area contributed by atoms with Gasteiger partial charge in [0.25, 0.3) is 0 Å². The van der Waals surface area contributed by atoms with E-state index in [-0.39, 0.29) is 18.4 Å². The van der Waals surface area contributed by atoms with Gasteiger partial charge in [-0.05, 0) is 6.42 Å². The first-order valence-electron chi connectivity index (χ1n) is 3.71. The molecule has 1 aliphatic rings. The summed E-state index contributed by atoms with van der Waals surface area (Å²) in [6.07, 6.45) is 6.10. The lowest BCUT2D eigenvalue weighted by molar-refractivity contribution is -0.129. The van der Waals surface area contributed by atoms with Gasteiger partial charge in [-0.3, -0.25) is 4.79 Å². The zero-order valence-corrected chi connectivity index (χ0v) is 6.42. The van der Waals surface area contributed by atoms with Crippen LogP contribution in [-0.4, -0.2) is 29.9 Å². The summed E-state index contributed by atoms with van der Waals surface area (Å²) in [5.41, 5.74) is 5.61. The number of carbonyl (C=O) groups is 1. The number of carbonyl (C=O) groups excluding carboxylic acids is 1. The van der Waals surface area contributed by atoms with E-state index in [1.165, 1.54) is 0 Å². The van der Waals surface area contributed by atoms with Crippen molar-refractivity contribution in [2.45, 2.75) is 18.9 Å². The Hall–Kier alpha value is -1.01. The van der Waals surface area contributed by atoms with Crippen molar-refractivity contribution in [2.75, 3.05) is 13.1 Å². The number of nitrogens with zero attached hydrogens (tertiary/aromatic N) is 1. The molecule has 1 heterocycles. The quantitative estimate of drug-likeness (QED) is 0.518. The van der Waals surface area contributed by atoms with Crippen LogP contribution in [0.4, 0.5) is 0 Å². The van der Waals surface area contributed by atoms with Crippen LogP contribution in [-0.2, 0) is 4.79 Å². The molecule has 0 bridgehead atoms. The lowest BCUT2D eigenvalue weighted by Crippen LogP contribution is -2.31. The van der Waals surface area contributed by atoms with E-state index in [0.717, 1.165) is 13.0 Å². The Morgan fingerprint density at radius 1 is 1.82 bits per heavy atom. The second-order valence-corrected chi connectivity index (χ2v) is 2.77. The number of rotatable bonds is 1. The van der Waals surface area contributed by atoms with Crippen molar-refractivity contribution in [3.63, 3.8) is 0 Å². The number of hydrogen-bond donors (Lipinski definition) is 1. The highest BCUT2D eigenvalue weighted by Gasteiger charge is 2.22. The van der Waals surface area contributed by atoms with Gasteiger partial charge in [-0.2, -0.15) is 0 Å². The Bertz CT molecular complexity index is 195. The Morgan fingerprint density at radius 2 is 2.55 bits per heavy atom. The molecular formula is C8H12N2O. The highest BCUT2D eigenvalue weighted by atomic mass is 16.2. The van der Waals surface area contributed by atoms with Crippen LogP contribution in [0.5, 0.6) is 0 Å². The summed E-state index contributed by atoms with van der Waals surface area (Å²) in [5.74, 6) is 2.36. The second-order valence-electron chi connectivity index (χ2n) is 2.77. The molecule has 1 saturated heterocycles. The second kappa shape index (κ2) is 3.40. The van der Waals surface area contributed by atoms with E-state index < -0.39 is 0 Å². The molecular weight excluding hydrogens is 140 g/mol. The van der Waals surface area contributed by atoms with Crippen LogP contribution in [0.3, 0.4) is 0 Å². The van der Waals surface area contributed by atoms with Crippen molar-refractivity contribution in [2.24, 2.45) is 5.73 Å². The number of amides is 1. The molecule has 0 saturated carbocycles. The minimum atomic E-state index is 0.0282. The molecule has 3 nitrogen and oxygen atoms in total. The molecule has 2 N–H and O–H groups in total. The van der Waals surface area contributed by atoms with Gasteiger partial charge < -0.3 is 10.6 Å². The number of nitrogens with two attached hydrogens (primary N) is 1. The fraction of sp³-hybridized carbons (Fsp3) is 0.625. The summed E-state index contributed by atoms with van der Waals surface area (Å²) in [6, 6.07) is 0.150. The normalized spacial score (nSPS) is 23.3. The van der Waals surface area contributed by atoms with E-state index in [9.17, 15) is 4.79 Å². The molecule has 0 unspecified atom stereocenters. The third kappa shape index (κ3) is 1.95. The molecule has 0 aromatic heterocycles. The number of likely N-dealkylation sites (tertiary alicyclic amines) is 1. The van der Waals surface area contributed by atoms with Crippen molar-refractivity contribution in [3.8, 4) is 12.3 Å². The average molecular weight is 152 g/mol. The van der Waals surface area contributed by atoms with Gasteiger partial charge in [0.1, 0.15) is 0 Å². The Kier molecular flexibility index (Phi) is 2.50. The standard InChI is InChI=1S/C8H12N2O/c1-2-3-8(11)10-5-4-7(9)6-10/h1,7H,3-6,9H2/t7-/m0/s1. The monoisotopic (exact) mass is 152 g/mol. The molecule has 1 aliphatic heterocycles. The Balaban J connectivity index is 2.38. The average Bonchev–Trinajstić information content (AvgIpc) is 2.36. The van der Waals surface area contributed by atoms with Crippen LogP contribution < -0.4 is 5.73 Å². The van der Waals surface area contributed by atoms with Crippen LogP contribution in [0.25, 0.3) is 0 Å². The van der Waals surface area contributed by atoms with Crippen molar-refractivity contribution in [3.05, 3.63) is 0 Å². The zero-order chi connectivity index (χ0) is 8.27. The summed E-state index contributed by atoms with van der Waals surface area (Å²) in [5, 5.41) is 0. The molecule has 1 amide bonds. The summed E-state index contributed by atoms with van der Waals surface area (Å²) < 4.78 is 0. The van der Waals surface area contributed by atoms with Crippen LogP contribution in [0.1, 0.15) is 12.8 Å². The van der Waals surface area contributed by atoms with Crippen molar-refractivity contribution in [1.82, 2.24) is 4.90 Å².